The van der Waals surface area contributed by atoms with Crippen LogP contribution in [0, 0.1) is 5.92 Å². The Hall–Kier alpha value is 0.150. The molecule has 1 aliphatic carbocycles. The second kappa shape index (κ2) is 13.6. The van der Waals surface area contributed by atoms with Crippen LogP contribution >= 0.6 is 15.9 Å². The monoisotopic (exact) mass is 372 g/mol. The van der Waals surface area contributed by atoms with Crippen LogP contribution in [-0.4, -0.2) is 10.6 Å². The molecule has 0 spiro atoms. The van der Waals surface area contributed by atoms with Crippen LogP contribution in [-0.2, 0) is 4.79 Å². The van der Waals surface area contributed by atoms with Gasteiger partial charge in [-0.3, -0.25) is 4.79 Å². The summed E-state index contributed by atoms with van der Waals surface area (Å²) < 4.78 is 0. The van der Waals surface area contributed by atoms with Gasteiger partial charge in [0.1, 0.15) is 5.78 Å². The van der Waals surface area contributed by atoms with Crippen LogP contribution in [0.5, 0.6) is 0 Å². The standard InChI is InChI=1S/C20H37BrO/c1-18(21)20(22)15-13-11-9-7-5-3-2-4-6-8-10-12-14-19-16-17-19/h18-19H,2-17H2,1H3. The molecule has 0 heterocycles. The third-order valence-corrected chi connectivity index (χ3v) is 5.44. The van der Waals surface area contributed by atoms with E-state index in [4.69, 9.17) is 0 Å². The summed E-state index contributed by atoms with van der Waals surface area (Å²) in [5.74, 6) is 1.48. The number of rotatable bonds is 16. The molecule has 2 heteroatoms. The third kappa shape index (κ3) is 12.7. The molecule has 0 aromatic carbocycles. The maximum absolute atomic E-state index is 11.4. The van der Waals surface area contributed by atoms with Crippen molar-refractivity contribution in [1.29, 1.82) is 0 Å². The lowest BCUT2D eigenvalue weighted by atomic mass is 10.0. The van der Waals surface area contributed by atoms with Crippen LogP contribution in [0.1, 0.15) is 110 Å². The van der Waals surface area contributed by atoms with E-state index in [-0.39, 0.29) is 4.83 Å². The highest BCUT2D eigenvalue weighted by Crippen LogP contribution is 2.34. The summed E-state index contributed by atoms with van der Waals surface area (Å²) >= 11 is 3.34. The first-order valence-electron chi connectivity index (χ1n) is 9.87. The van der Waals surface area contributed by atoms with Crippen molar-refractivity contribution in [3.8, 4) is 0 Å². The predicted octanol–water partition coefficient (Wildman–Crippen LogP) is 7.21. The molecule has 1 nitrogen and oxygen atoms in total. The Morgan fingerprint density at radius 3 is 1.64 bits per heavy atom. The van der Waals surface area contributed by atoms with E-state index < -0.39 is 0 Å². The van der Waals surface area contributed by atoms with Gasteiger partial charge < -0.3 is 0 Å². The van der Waals surface area contributed by atoms with Gasteiger partial charge in [-0.05, 0) is 19.3 Å². The summed E-state index contributed by atoms with van der Waals surface area (Å²) in [5.41, 5.74) is 0. The van der Waals surface area contributed by atoms with Crippen molar-refractivity contribution in [3.63, 3.8) is 0 Å². The number of hydrogen-bond donors (Lipinski definition) is 0. The van der Waals surface area contributed by atoms with Crippen LogP contribution < -0.4 is 0 Å². The van der Waals surface area contributed by atoms with Gasteiger partial charge >= 0.3 is 0 Å². The summed E-state index contributed by atoms with van der Waals surface area (Å²) in [7, 11) is 0. The molecule has 0 aromatic rings. The fourth-order valence-electron chi connectivity index (χ4n) is 3.11. The zero-order valence-electron chi connectivity index (χ0n) is 14.8. The van der Waals surface area contributed by atoms with Gasteiger partial charge in [-0.1, -0.05) is 106 Å². The van der Waals surface area contributed by atoms with Gasteiger partial charge in [-0.15, -0.1) is 0 Å². The smallest absolute Gasteiger partial charge is 0.146 e. The predicted molar refractivity (Wildman–Crippen MR) is 101 cm³/mol. The van der Waals surface area contributed by atoms with E-state index in [1.807, 2.05) is 6.92 Å². The minimum atomic E-state index is 0.0428. The molecule has 22 heavy (non-hydrogen) atoms. The molecule has 1 saturated carbocycles. The number of ketones is 1. The van der Waals surface area contributed by atoms with Gasteiger partial charge in [0.15, 0.2) is 0 Å². The quantitative estimate of drug-likeness (QED) is 0.206. The Bertz CT molecular complexity index is 271. The van der Waals surface area contributed by atoms with Crippen molar-refractivity contribution in [3.05, 3.63) is 0 Å². The minimum Gasteiger partial charge on any atom is -0.298 e. The first-order chi connectivity index (χ1) is 10.7. The van der Waals surface area contributed by atoms with E-state index in [1.54, 1.807) is 0 Å². The van der Waals surface area contributed by atoms with Crippen LogP contribution in [0.3, 0.4) is 0 Å². The molecule has 0 aromatic heterocycles. The van der Waals surface area contributed by atoms with E-state index in [9.17, 15) is 4.79 Å². The van der Waals surface area contributed by atoms with Crippen LogP contribution in [0.2, 0.25) is 0 Å². The highest BCUT2D eigenvalue weighted by Gasteiger charge is 2.19. The number of alkyl halides is 1. The molecule has 1 rings (SSSR count). The Morgan fingerprint density at radius 2 is 1.23 bits per heavy atom. The minimum absolute atomic E-state index is 0.0428. The molecule has 0 bridgehead atoms. The van der Waals surface area contributed by atoms with Crippen LogP contribution in [0.4, 0.5) is 0 Å². The summed E-state index contributed by atoms with van der Waals surface area (Å²) in [6, 6.07) is 0. The fourth-order valence-corrected chi connectivity index (χ4v) is 3.33. The number of halogens is 1. The molecule has 0 N–H and O–H groups in total. The topological polar surface area (TPSA) is 17.1 Å². The molecule has 0 radical (unpaired) electrons. The van der Waals surface area contributed by atoms with Gasteiger partial charge in [-0.2, -0.15) is 0 Å². The lowest BCUT2D eigenvalue weighted by molar-refractivity contribution is -0.118. The molecule has 0 amide bonds. The van der Waals surface area contributed by atoms with Crippen molar-refractivity contribution in [2.24, 2.45) is 5.92 Å². The van der Waals surface area contributed by atoms with Crippen molar-refractivity contribution in [2.75, 3.05) is 0 Å². The van der Waals surface area contributed by atoms with Gasteiger partial charge in [-0.25, -0.2) is 0 Å². The fraction of sp³-hybridized carbons (Fsp3) is 0.950. The lowest BCUT2D eigenvalue weighted by Crippen LogP contribution is -2.08. The number of carbonyl (C=O) groups is 1. The van der Waals surface area contributed by atoms with Crippen molar-refractivity contribution >= 4 is 21.7 Å². The Kier molecular flexibility index (Phi) is 12.5. The largest absolute Gasteiger partial charge is 0.298 e. The first kappa shape index (κ1) is 20.2. The zero-order valence-corrected chi connectivity index (χ0v) is 16.3. The SMILES string of the molecule is CC(Br)C(=O)CCCCCCCCCCCCCCC1CC1. The summed E-state index contributed by atoms with van der Waals surface area (Å²) in [4.78, 5) is 11.5. The molecular formula is C20H37BrO. The van der Waals surface area contributed by atoms with E-state index in [0.717, 1.165) is 18.8 Å². The van der Waals surface area contributed by atoms with Gasteiger partial charge in [0.05, 0.1) is 4.83 Å². The average Bonchev–Trinajstić information content (AvgIpc) is 3.31. The molecule has 1 unspecified atom stereocenters. The van der Waals surface area contributed by atoms with Crippen molar-refractivity contribution in [1.82, 2.24) is 0 Å². The lowest BCUT2D eigenvalue weighted by Gasteiger charge is -2.04. The van der Waals surface area contributed by atoms with E-state index >= 15 is 0 Å². The molecule has 1 atom stereocenters. The van der Waals surface area contributed by atoms with Crippen LogP contribution in [0.15, 0.2) is 0 Å². The average molecular weight is 373 g/mol. The van der Waals surface area contributed by atoms with Gasteiger partial charge in [0.2, 0.25) is 0 Å². The molecule has 1 fully saturated rings. The second-order valence-electron chi connectivity index (χ2n) is 7.31. The Morgan fingerprint density at radius 1 is 0.818 bits per heavy atom. The van der Waals surface area contributed by atoms with Gasteiger partial charge in [0.25, 0.3) is 0 Å². The van der Waals surface area contributed by atoms with Gasteiger partial charge in [0, 0.05) is 6.42 Å². The summed E-state index contributed by atoms with van der Waals surface area (Å²) in [6.45, 7) is 1.93. The molecule has 1 aliphatic rings. The molecule has 0 saturated heterocycles. The Labute approximate surface area is 147 Å². The van der Waals surface area contributed by atoms with E-state index in [1.165, 1.54) is 89.9 Å². The number of hydrogen-bond acceptors (Lipinski definition) is 1. The summed E-state index contributed by atoms with van der Waals surface area (Å²) in [6.07, 6.45) is 21.9. The second-order valence-corrected chi connectivity index (χ2v) is 8.68. The van der Waals surface area contributed by atoms with E-state index in [2.05, 4.69) is 15.9 Å². The highest BCUT2D eigenvalue weighted by atomic mass is 79.9. The first-order valence-corrected chi connectivity index (χ1v) is 10.8. The number of unbranched alkanes of at least 4 members (excludes halogenated alkanes) is 11. The molecule has 130 valence electrons. The maximum atomic E-state index is 11.4. The third-order valence-electron chi connectivity index (χ3n) is 4.93. The zero-order chi connectivity index (χ0) is 16.0. The number of Topliss-reactive ketones (excluding diaryl/α,β-unsaturated/α-hetero) is 1. The number of carbonyl (C=O) groups excluding carboxylic acids is 1. The Balaban J connectivity index is 1.66. The van der Waals surface area contributed by atoms with Crippen LogP contribution in [0.25, 0.3) is 0 Å². The summed E-state index contributed by atoms with van der Waals surface area (Å²) in [5, 5.41) is 0. The van der Waals surface area contributed by atoms with Crippen molar-refractivity contribution in [2.45, 2.75) is 114 Å². The maximum Gasteiger partial charge on any atom is 0.146 e. The normalized spacial score (nSPS) is 15.9. The molecule has 0 aliphatic heterocycles. The molecular weight excluding hydrogens is 336 g/mol. The van der Waals surface area contributed by atoms with Crippen molar-refractivity contribution < 1.29 is 4.79 Å². The highest BCUT2D eigenvalue weighted by molar-refractivity contribution is 9.10. The van der Waals surface area contributed by atoms with E-state index in [0.29, 0.717) is 5.78 Å².